The molecule has 0 saturated heterocycles. The van der Waals surface area contributed by atoms with E-state index in [0.717, 1.165) is 45.1 Å². The van der Waals surface area contributed by atoms with E-state index in [1.807, 2.05) is 36.4 Å². The monoisotopic (exact) mass is 841 g/mol. The van der Waals surface area contributed by atoms with Gasteiger partial charge in [0.25, 0.3) is 5.91 Å². The second kappa shape index (κ2) is 18.6. The van der Waals surface area contributed by atoms with Gasteiger partial charge in [-0.05, 0) is 97.1 Å². The molecule has 17 heteroatoms. The van der Waals surface area contributed by atoms with Crippen LogP contribution < -0.4 is 20.7 Å². The van der Waals surface area contributed by atoms with Crippen LogP contribution in [0.5, 0.6) is 11.5 Å². The van der Waals surface area contributed by atoms with Crippen LogP contribution in [0, 0.1) is 5.82 Å². The first-order valence-corrected chi connectivity index (χ1v) is 19.3. The van der Waals surface area contributed by atoms with E-state index in [9.17, 15) is 31.4 Å². The normalized spacial score (nSPS) is 11.4. The van der Waals surface area contributed by atoms with Crippen molar-refractivity contribution in [2.24, 2.45) is 0 Å². The molecule has 0 aliphatic carbocycles. The quantitative estimate of drug-likeness (QED) is 0.106. The van der Waals surface area contributed by atoms with Gasteiger partial charge in [-0.2, -0.15) is 13.2 Å². The third kappa shape index (κ3) is 10.9. The highest BCUT2D eigenvalue weighted by molar-refractivity contribution is 7.84. The molecule has 0 saturated carbocycles. The lowest BCUT2D eigenvalue weighted by Gasteiger charge is -2.12. The number of aromatic nitrogens is 4. The van der Waals surface area contributed by atoms with Gasteiger partial charge < -0.3 is 25.7 Å². The average molecular weight is 842 g/mol. The number of halogens is 5. The molecule has 3 amide bonds. The van der Waals surface area contributed by atoms with Crippen LogP contribution in [0.15, 0.2) is 139 Å². The van der Waals surface area contributed by atoms with Crippen LogP contribution in [0.25, 0.3) is 33.9 Å². The van der Waals surface area contributed by atoms with E-state index in [0.29, 0.717) is 23.0 Å². The van der Waals surface area contributed by atoms with E-state index in [4.69, 9.17) is 21.3 Å². The number of benzene rings is 4. The van der Waals surface area contributed by atoms with Crippen LogP contribution in [0.4, 0.5) is 33.7 Å². The largest absolute Gasteiger partial charge is 0.457 e. The lowest BCUT2D eigenvalue weighted by atomic mass is 10.1. The highest BCUT2D eigenvalue weighted by Gasteiger charge is 2.33. The number of alkyl halides is 3. The van der Waals surface area contributed by atoms with Crippen LogP contribution in [-0.4, -0.2) is 49.4 Å². The molecule has 0 bridgehead atoms. The number of aromatic amines is 1. The van der Waals surface area contributed by atoms with Crippen LogP contribution >= 0.6 is 11.6 Å². The zero-order valence-corrected chi connectivity index (χ0v) is 32.5. The first-order valence-electron chi connectivity index (χ1n) is 17.4. The molecule has 3 heterocycles. The average Bonchev–Trinajstić information content (AvgIpc) is 3.68. The molecule has 300 valence electrons. The number of nitrogens with one attached hydrogen (secondary N) is 4. The Bertz CT molecular complexity index is 2590. The van der Waals surface area contributed by atoms with Gasteiger partial charge in [0.2, 0.25) is 0 Å². The van der Waals surface area contributed by atoms with Gasteiger partial charge >= 0.3 is 12.2 Å². The second-order valence-corrected chi connectivity index (χ2v) is 14.2. The number of pyridine rings is 2. The molecular weight excluding hydrogens is 810 g/mol. The van der Waals surface area contributed by atoms with E-state index in [2.05, 4.69) is 30.9 Å². The van der Waals surface area contributed by atoms with E-state index in [1.165, 1.54) is 37.5 Å². The molecule has 1 atom stereocenters. The predicted octanol–water partition coefficient (Wildman–Crippen LogP) is 10.2. The highest BCUT2D eigenvalue weighted by Crippen LogP contribution is 2.36. The molecule has 1 unspecified atom stereocenters. The maximum absolute atomic E-state index is 13.3. The molecule has 11 nitrogen and oxygen atoms in total. The SMILES string of the molecule is CNC(=O)c1cc(Oc2ccc(NC(=O)Nc3ccc(Cl)c(C(F)(F)F)c3)cc2)ccn1.CS(=O)c1ccc(-c2nc(-c3ccc(F)cc3)c(-c3ccncc3)[nH]2)cc1. The van der Waals surface area contributed by atoms with Crippen LogP contribution in [0.2, 0.25) is 5.02 Å². The number of hydrogen-bond donors (Lipinski definition) is 4. The fourth-order valence-electron chi connectivity index (χ4n) is 5.44. The van der Waals surface area contributed by atoms with Gasteiger partial charge in [-0.25, -0.2) is 14.2 Å². The standard InChI is InChI=1S/C21H16ClF3N4O3.C21H16FN3OS/c1-26-19(30)18-11-15(8-9-27-18)32-14-5-2-12(3-6-14)28-20(31)29-13-4-7-17(22)16(10-13)21(23,24)25;1-27(26)18-8-4-16(5-9-18)21-24-19(14-2-6-17(22)7-3-14)20(25-21)15-10-12-23-13-11-15/h2-11H,1H3,(H,26,30)(H2,28,29,31);2-13H,1H3,(H,24,25). The predicted molar refractivity (Wildman–Crippen MR) is 218 cm³/mol. The Hall–Kier alpha value is -6.91. The lowest BCUT2D eigenvalue weighted by molar-refractivity contribution is -0.137. The van der Waals surface area contributed by atoms with Gasteiger partial charge in [0.05, 0.1) is 22.0 Å². The Morgan fingerprint density at radius 2 is 1.41 bits per heavy atom. The minimum absolute atomic E-state index is 0.0659. The molecule has 0 aliphatic heterocycles. The Kier molecular flexibility index (Phi) is 13.1. The van der Waals surface area contributed by atoms with Crippen LogP contribution in [0.3, 0.4) is 0 Å². The Morgan fingerprint density at radius 1 is 0.763 bits per heavy atom. The number of anilines is 2. The molecule has 0 aliphatic rings. The molecule has 4 aromatic carbocycles. The summed E-state index contributed by atoms with van der Waals surface area (Å²) in [7, 11) is 0.460. The summed E-state index contributed by atoms with van der Waals surface area (Å²) in [4.78, 5) is 40.7. The lowest BCUT2D eigenvalue weighted by Crippen LogP contribution is -2.19. The molecule has 3 aromatic heterocycles. The number of amides is 3. The van der Waals surface area contributed by atoms with Gasteiger partial charge in [-0.3, -0.25) is 19.0 Å². The Labute approximate surface area is 342 Å². The number of nitrogens with zero attached hydrogens (tertiary/aromatic N) is 3. The van der Waals surface area contributed by atoms with Crippen molar-refractivity contribution in [1.82, 2.24) is 25.3 Å². The summed E-state index contributed by atoms with van der Waals surface area (Å²) in [5.74, 6) is 0.861. The molecule has 4 N–H and O–H groups in total. The maximum Gasteiger partial charge on any atom is 0.417 e. The van der Waals surface area contributed by atoms with Gasteiger partial charge in [0, 0.05) is 81.7 Å². The number of urea groups is 1. The summed E-state index contributed by atoms with van der Waals surface area (Å²) in [6.45, 7) is 0. The number of imidazole rings is 1. The van der Waals surface area contributed by atoms with E-state index in [1.54, 1.807) is 61.1 Å². The van der Waals surface area contributed by atoms with E-state index >= 15 is 0 Å². The first kappa shape index (κ1) is 41.7. The van der Waals surface area contributed by atoms with E-state index < -0.39 is 33.6 Å². The third-order valence-electron chi connectivity index (χ3n) is 8.32. The van der Waals surface area contributed by atoms with Crippen molar-refractivity contribution < 1.29 is 36.1 Å². The number of rotatable bonds is 9. The van der Waals surface area contributed by atoms with Crippen molar-refractivity contribution in [3.8, 4) is 45.4 Å². The van der Waals surface area contributed by atoms with Crippen molar-refractivity contribution >= 4 is 45.7 Å². The molecule has 0 fully saturated rings. The zero-order valence-electron chi connectivity index (χ0n) is 31.0. The fourth-order valence-corrected chi connectivity index (χ4v) is 6.19. The minimum Gasteiger partial charge on any atom is -0.457 e. The number of carbonyl (C=O) groups is 2. The molecule has 7 rings (SSSR count). The van der Waals surface area contributed by atoms with Gasteiger partial charge in [-0.1, -0.05) is 23.7 Å². The second-order valence-electron chi connectivity index (χ2n) is 12.4. The number of hydrogen-bond acceptors (Lipinski definition) is 7. The molecule has 0 spiro atoms. The van der Waals surface area contributed by atoms with Crippen molar-refractivity contribution in [2.45, 2.75) is 11.1 Å². The highest BCUT2D eigenvalue weighted by atomic mass is 35.5. The fraction of sp³-hybridized carbons (Fsp3) is 0.0714. The van der Waals surface area contributed by atoms with Crippen molar-refractivity contribution in [2.75, 3.05) is 23.9 Å². The third-order valence-corrected chi connectivity index (χ3v) is 9.58. The minimum atomic E-state index is -4.64. The smallest absolute Gasteiger partial charge is 0.417 e. The topological polar surface area (TPSA) is 151 Å². The Balaban J connectivity index is 0.000000201. The summed E-state index contributed by atoms with van der Waals surface area (Å²) < 4.78 is 69.4. The van der Waals surface area contributed by atoms with Crippen molar-refractivity contribution in [3.05, 3.63) is 156 Å². The first-order chi connectivity index (χ1) is 28.3. The van der Waals surface area contributed by atoms with Crippen LogP contribution in [-0.2, 0) is 17.0 Å². The summed E-state index contributed by atoms with van der Waals surface area (Å²) in [6, 6.07) is 29.1. The van der Waals surface area contributed by atoms with E-state index in [-0.39, 0.29) is 23.1 Å². The molecular formula is C42H32ClF4N7O4S. The number of ether oxygens (including phenoxy) is 1. The van der Waals surface area contributed by atoms with Gasteiger partial charge in [0.1, 0.15) is 28.8 Å². The van der Waals surface area contributed by atoms with Gasteiger partial charge in [0.15, 0.2) is 0 Å². The summed E-state index contributed by atoms with van der Waals surface area (Å²) >= 11 is 5.57. The summed E-state index contributed by atoms with van der Waals surface area (Å²) in [6.07, 6.45) is 1.87. The van der Waals surface area contributed by atoms with Gasteiger partial charge in [-0.15, -0.1) is 0 Å². The molecule has 7 aromatic rings. The number of carbonyl (C=O) groups excluding carboxylic acids is 2. The summed E-state index contributed by atoms with van der Waals surface area (Å²) in [5, 5.41) is 6.83. The number of H-pyrrole nitrogens is 1. The zero-order chi connectivity index (χ0) is 42.1. The van der Waals surface area contributed by atoms with Crippen molar-refractivity contribution in [1.29, 1.82) is 0 Å². The van der Waals surface area contributed by atoms with Crippen LogP contribution in [0.1, 0.15) is 16.1 Å². The molecule has 0 radical (unpaired) electrons. The maximum atomic E-state index is 13.3. The van der Waals surface area contributed by atoms with Crippen molar-refractivity contribution in [3.63, 3.8) is 0 Å². The summed E-state index contributed by atoms with van der Waals surface area (Å²) in [5.41, 5.74) is 3.66. The molecule has 59 heavy (non-hydrogen) atoms. The Morgan fingerprint density at radius 3 is 2.05 bits per heavy atom.